The summed E-state index contributed by atoms with van der Waals surface area (Å²) < 4.78 is 5.73. The van der Waals surface area contributed by atoms with Crippen molar-refractivity contribution in [3.63, 3.8) is 0 Å². The van der Waals surface area contributed by atoms with Crippen LogP contribution in [0, 0.1) is 11.3 Å². The van der Waals surface area contributed by atoms with E-state index in [4.69, 9.17) is 4.42 Å². The van der Waals surface area contributed by atoms with Gasteiger partial charge in [0.15, 0.2) is 5.69 Å². The predicted octanol–water partition coefficient (Wildman–Crippen LogP) is 4.36. The van der Waals surface area contributed by atoms with Crippen LogP contribution < -0.4 is 0 Å². The first-order chi connectivity index (χ1) is 9.86. The van der Waals surface area contributed by atoms with E-state index in [2.05, 4.69) is 11.1 Å². The van der Waals surface area contributed by atoms with Crippen molar-refractivity contribution in [2.45, 2.75) is 9.99 Å². The fourth-order valence-corrected chi connectivity index (χ4v) is 2.56. The zero-order valence-electron chi connectivity index (χ0n) is 10.5. The Morgan fingerprint density at radius 3 is 2.25 bits per heavy atom. The summed E-state index contributed by atoms with van der Waals surface area (Å²) in [4.78, 5) is 5.26. The quantitative estimate of drug-likeness (QED) is 0.714. The molecule has 0 fully saturated rings. The molecule has 0 bridgehead atoms. The smallest absolute Gasteiger partial charge is 0.228 e. The molecule has 96 valence electrons. The molecule has 1 heterocycles. The van der Waals surface area contributed by atoms with Crippen LogP contribution in [0.2, 0.25) is 0 Å². The third-order valence-electron chi connectivity index (χ3n) is 2.68. The number of nitriles is 1. The zero-order chi connectivity index (χ0) is 13.8. The molecule has 0 saturated heterocycles. The summed E-state index contributed by atoms with van der Waals surface area (Å²) in [6.07, 6.45) is 0. The van der Waals surface area contributed by atoms with Crippen molar-refractivity contribution in [1.29, 1.82) is 5.26 Å². The van der Waals surface area contributed by atoms with Gasteiger partial charge in [-0.15, -0.1) is 0 Å². The summed E-state index contributed by atoms with van der Waals surface area (Å²) in [7, 11) is 0. The molecule has 0 atom stereocenters. The summed E-state index contributed by atoms with van der Waals surface area (Å²) in [6, 6.07) is 21.4. The average molecular weight is 278 g/mol. The minimum absolute atomic E-state index is 0.317. The van der Waals surface area contributed by atoms with Crippen LogP contribution in [0.5, 0.6) is 0 Å². The van der Waals surface area contributed by atoms with Crippen molar-refractivity contribution in [3.05, 3.63) is 66.4 Å². The molecule has 3 rings (SSSR count). The first kappa shape index (κ1) is 12.5. The third kappa shape index (κ3) is 2.58. The monoisotopic (exact) mass is 278 g/mol. The van der Waals surface area contributed by atoms with Crippen molar-refractivity contribution < 1.29 is 4.42 Å². The highest BCUT2D eigenvalue weighted by Gasteiger charge is 2.15. The lowest BCUT2D eigenvalue weighted by Crippen LogP contribution is -1.78. The van der Waals surface area contributed by atoms with Gasteiger partial charge in [-0.25, -0.2) is 0 Å². The lowest BCUT2D eigenvalue weighted by atomic mass is 10.2. The second kappa shape index (κ2) is 5.64. The summed E-state index contributed by atoms with van der Waals surface area (Å²) >= 11 is 1.40. The molecule has 4 heteroatoms. The fourth-order valence-electron chi connectivity index (χ4n) is 1.75. The molecular formula is C16H10N2OS. The topological polar surface area (TPSA) is 49.8 Å². The number of hydrogen-bond donors (Lipinski definition) is 0. The predicted molar refractivity (Wildman–Crippen MR) is 77.2 cm³/mol. The average Bonchev–Trinajstić information content (AvgIpc) is 2.92. The normalized spacial score (nSPS) is 10.2. The van der Waals surface area contributed by atoms with Crippen LogP contribution >= 0.6 is 11.8 Å². The lowest BCUT2D eigenvalue weighted by molar-refractivity contribution is 0.483. The Bertz CT molecular complexity index is 745. The summed E-state index contributed by atoms with van der Waals surface area (Å²) in [5.74, 6) is 0.473. The van der Waals surface area contributed by atoms with Gasteiger partial charge in [-0.3, -0.25) is 0 Å². The van der Waals surface area contributed by atoms with E-state index in [9.17, 15) is 5.26 Å². The zero-order valence-corrected chi connectivity index (χ0v) is 11.3. The van der Waals surface area contributed by atoms with Crippen molar-refractivity contribution in [3.8, 4) is 17.5 Å². The van der Waals surface area contributed by atoms with Gasteiger partial charge in [0.2, 0.25) is 11.0 Å². The van der Waals surface area contributed by atoms with Crippen molar-refractivity contribution in [2.75, 3.05) is 0 Å². The molecule has 20 heavy (non-hydrogen) atoms. The Balaban J connectivity index is 1.96. The van der Waals surface area contributed by atoms with Gasteiger partial charge in [0.25, 0.3) is 0 Å². The SMILES string of the molecule is N#Cc1nc(-c2ccccc2)oc1Sc1ccccc1. The molecule has 0 aliphatic carbocycles. The first-order valence-corrected chi connectivity index (χ1v) is 6.88. The van der Waals surface area contributed by atoms with E-state index in [0.29, 0.717) is 16.7 Å². The van der Waals surface area contributed by atoms with E-state index >= 15 is 0 Å². The largest absolute Gasteiger partial charge is 0.428 e. The van der Waals surface area contributed by atoms with Crippen LogP contribution in [0.1, 0.15) is 5.69 Å². The van der Waals surface area contributed by atoms with E-state index in [-0.39, 0.29) is 0 Å². The van der Waals surface area contributed by atoms with Crippen LogP contribution in [0.3, 0.4) is 0 Å². The highest BCUT2D eigenvalue weighted by atomic mass is 32.2. The molecule has 0 unspecified atom stereocenters. The molecule has 3 aromatic rings. The fraction of sp³-hybridized carbons (Fsp3) is 0. The van der Waals surface area contributed by atoms with Gasteiger partial charge in [0, 0.05) is 10.5 Å². The Kier molecular flexibility index (Phi) is 3.53. The summed E-state index contributed by atoms with van der Waals surface area (Å²) in [5, 5.41) is 9.70. The molecule has 3 nitrogen and oxygen atoms in total. The number of benzene rings is 2. The van der Waals surface area contributed by atoms with E-state index < -0.39 is 0 Å². The van der Waals surface area contributed by atoms with Crippen molar-refractivity contribution >= 4 is 11.8 Å². The maximum atomic E-state index is 9.17. The number of nitrogens with zero attached hydrogens (tertiary/aromatic N) is 2. The molecule has 0 radical (unpaired) electrons. The van der Waals surface area contributed by atoms with Gasteiger partial charge in [0.05, 0.1) is 0 Å². The van der Waals surface area contributed by atoms with Crippen LogP contribution in [0.25, 0.3) is 11.5 Å². The summed E-state index contributed by atoms with van der Waals surface area (Å²) in [5.41, 5.74) is 1.18. The standard InChI is InChI=1S/C16H10N2OS/c17-11-14-16(20-13-9-5-2-6-10-13)19-15(18-14)12-7-3-1-4-8-12/h1-10H. The van der Waals surface area contributed by atoms with Crippen LogP contribution in [0.15, 0.2) is 75.1 Å². The maximum absolute atomic E-state index is 9.17. The summed E-state index contributed by atoms with van der Waals surface area (Å²) in [6.45, 7) is 0. The lowest BCUT2D eigenvalue weighted by Gasteiger charge is -1.96. The highest BCUT2D eigenvalue weighted by Crippen LogP contribution is 2.33. The number of hydrogen-bond acceptors (Lipinski definition) is 4. The highest BCUT2D eigenvalue weighted by molar-refractivity contribution is 7.99. The number of aromatic nitrogens is 1. The van der Waals surface area contributed by atoms with Crippen molar-refractivity contribution in [1.82, 2.24) is 4.98 Å². The van der Waals surface area contributed by atoms with Gasteiger partial charge in [-0.05, 0) is 36.0 Å². The van der Waals surface area contributed by atoms with Gasteiger partial charge < -0.3 is 4.42 Å². The van der Waals surface area contributed by atoms with Gasteiger partial charge in [-0.2, -0.15) is 10.2 Å². The van der Waals surface area contributed by atoms with E-state index in [0.717, 1.165) is 10.5 Å². The second-order valence-electron chi connectivity index (χ2n) is 4.05. The molecule has 0 spiro atoms. The minimum Gasteiger partial charge on any atom is -0.428 e. The Morgan fingerprint density at radius 1 is 0.950 bits per heavy atom. The van der Waals surface area contributed by atoms with E-state index in [1.54, 1.807) is 0 Å². The Labute approximate surface area is 120 Å². The molecule has 0 N–H and O–H groups in total. The van der Waals surface area contributed by atoms with Crippen LogP contribution in [0.4, 0.5) is 0 Å². The molecule has 0 aliphatic rings. The second-order valence-corrected chi connectivity index (χ2v) is 5.09. The number of rotatable bonds is 3. The minimum atomic E-state index is 0.317. The molecule has 2 aromatic carbocycles. The van der Waals surface area contributed by atoms with E-state index in [1.807, 2.05) is 60.7 Å². The van der Waals surface area contributed by atoms with Crippen molar-refractivity contribution in [2.24, 2.45) is 0 Å². The number of oxazole rings is 1. The van der Waals surface area contributed by atoms with E-state index in [1.165, 1.54) is 11.8 Å². The van der Waals surface area contributed by atoms with Gasteiger partial charge >= 0.3 is 0 Å². The molecule has 0 aliphatic heterocycles. The third-order valence-corrected chi connectivity index (χ3v) is 3.65. The van der Waals surface area contributed by atoms with Crippen LogP contribution in [-0.4, -0.2) is 4.98 Å². The molecule has 0 saturated carbocycles. The maximum Gasteiger partial charge on any atom is 0.228 e. The first-order valence-electron chi connectivity index (χ1n) is 6.06. The molecular weight excluding hydrogens is 268 g/mol. The van der Waals surface area contributed by atoms with Gasteiger partial charge in [0.1, 0.15) is 6.07 Å². The molecule has 0 amide bonds. The van der Waals surface area contributed by atoms with Crippen LogP contribution in [-0.2, 0) is 0 Å². The molecule has 1 aromatic heterocycles. The van der Waals surface area contributed by atoms with Gasteiger partial charge in [-0.1, -0.05) is 36.4 Å². The Morgan fingerprint density at radius 2 is 1.60 bits per heavy atom. The Hall–Kier alpha value is -2.51.